The minimum absolute atomic E-state index is 0.328. The van der Waals surface area contributed by atoms with Gasteiger partial charge in [-0.25, -0.2) is 0 Å². The van der Waals surface area contributed by atoms with Crippen molar-refractivity contribution in [3.63, 3.8) is 0 Å². The van der Waals surface area contributed by atoms with E-state index in [2.05, 4.69) is 6.92 Å². The van der Waals surface area contributed by atoms with Gasteiger partial charge in [0.05, 0.1) is 5.41 Å². The van der Waals surface area contributed by atoms with Gasteiger partial charge in [0.2, 0.25) is 0 Å². The van der Waals surface area contributed by atoms with Crippen LogP contribution in [0.1, 0.15) is 142 Å². The Bertz CT molecular complexity index is 462. The lowest BCUT2D eigenvalue weighted by Gasteiger charge is -2.10. The van der Waals surface area contributed by atoms with E-state index in [1.807, 2.05) is 0 Å². The van der Waals surface area contributed by atoms with Crippen molar-refractivity contribution in [2.45, 2.75) is 142 Å². The summed E-state index contributed by atoms with van der Waals surface area (Å²) in [6.07, 6.45) is 24.9. The first-order valence-electron chi connectivity index (χ1n) is 12.9. The fourth-order valence-electron chi connectivity index (χ4n) is 4.79. The van der Waals surface area contributed by atoms with Crippen LogP contribution in [-0.4, -0.2) is 22.2 Å². The number of carboxylic acid groups (broad SMARTS) is 2. The van der Waals surface area contributed by atoms with E-state index in [9.17, 15) is 14.7 Å². The number of rotatable bonds is 22. The molecule has 1 fully saturated rings. The Hall–Kier alpha value is -1.06. The molecule has 0 aromatic carbocycles. The largest absolute Gasteiger partial charge is 0.481 e. The number of aliphatic carboxylic acids is 2. The third-order valence-electron chi connectivity index (χ3n) is 7.14. The molecule has 176 valence electrons. The van der Waals surface area contributed by atoms with E-state index in [-0.39, 0.29) is 5.41 Å². The van der Waals surface area contributed by atoms with Crippen molar-refractivity contribution in [1.82, 2.24) is 0 Å². The highest BCUT2D eigenvalue weighted by atomic mass is 16.4. The maximum Gasteiger partial charge on any atom is 0.309 e. The summed E-state index contributed by atoms with van der Waals surface area (Å²) < 4.78 is 0. The summed E-state index contributed by atoms with van der Waals surface area (Å²) >= 11 is 0. The van der Waals surface area contributed by atoms with Crippen LogP contribution >= 0.6 is 0 Å². The summed E-state index contributed by atoms with van der Waals surface area (Å²) in [5.41, 5.74) is -0.358. The molecule has 0 aromatic heterocycles. The topological polar surface area (TPSA) is 74.6 Å². The molecule has 1 saturated carbocycles. The van der Waals surface area contributed by atoms with Gasteiger partial charge >= 0.3 is 11.9 Å². The van der Waals surface area contributed by atoms with Gasteiger partial charge in [-0.2, -0.15) is 0 Å². The second-order valence-electron chi connectivity index (χ2n) is 9.82. The Morgan fingerprint density at radius 1 is 0.633 bits per heavy atom. The molecule has 0 heterocycles. The molecule has 30 heavy (non-hydrogen) atoms. The Morgan fingerprint density at radius 2 is 0.933 bits per heavy atom. The van der Waals surface area contributed by atoms with Crippen LogP contribution in [-0.2, 0) is 9.59 Å². The van der Waals surface area contributed by atoms with Crippen LogP contribution in [0.4, 0.5) is 0 Å². The molecule has 1 rings (SSSR count). The third kappa shape index (κ3) is 12.6. The highest BCUT2D eigenvalue weighted by Crippen LogP contribution is 2.56. The average molecular weight is 425 g/mol. The SMILES string of the molecule is CC1CC1(CCCCCCCCCCCCCCCCCCCCC(=O)O)C(=O)O. The number of carboxylic acids is 2. The van der Waals surface area contributed by atoms with Crippen molar-refractivity contribution >= 4 is 11.9 Å². The fraction of sp³-hybridized carbons (Fsp3) is 0.923. The molecule has 4 nitrogen and oxygen atoms in total. The summed E-state index contributed by atoms with van der Waals surface area (Å²) in [5, 5.41) is 17.9. The molecule has 0 bridgehead atoms. The Balaban J connectivity index is 1.70. The Kier molecular flexibility index (Phi) is 14.9. The van der Waals surface area contributed by atoms with Crippen LogP contribution in [0.25, 0.3) is 0 Å². The van der Waals surface area contributed by atoms with E-state index < -0.39 is 11.9 Å². The first kappa shape index (κ1) is 27.0. The van der Waals surface area contributed by atoms with Gasteiger partial charge in [0, 0.05) is 6.42 Å². The zero-order valence-corrected chi connectivity index (χ0v) is 19.6. The van der Waals surface area contributed by atoms with E-state index >= 15 is 0 Å². The standard InChI is InChI=1S/C26H48O4/c1-23-22-26(23,25(29)30)21-19-17-15-13-11-9-7-5-3-2-4-6-8-10-12-14-16-18-20-24(27)28/h23H,2-22H2,1H3,(H,27,28)(H,29,30). The third-order valence-corrected chi connectivity index (χ3v) is 7.14. The van der Waals surface area contributed by atoms with Gasteiger partial charge in [0.15, 0.2) is 0 Å². The minimum atomic E-state index is -0.666. The summed E-state index contributed by atoms with van der Waals surface area (Å²) in [5.74, 6) is -0.849. The maximum absolute atomic E-state index is 11.3. The first-order valence-corrected chi connectivity index (χ1v) is 12.9. The molecule has 0 saturated heterocycles. The number of carbonyl (C=O) groups is 2. The van der Waals surface area contributed by atoms with Crippen LogP contribution < -0.4 is 0 Å². The molecule has 4 heteroatoms. The first-order chi connectivity index (χ1) is 14.5. The van der Waals surface area contributed by atoms with E-state index in [1.165, 1.54) is 96.3 Å². The molecule has 2 N–H and O–H groups in total. The van der Waals surface area contributed by atoms with Gasteiger partial charge in [0.1, 0.15) is 0 Å². The van der Waals surface area contributed by atoms with Gasteiger partial charge in [-0.15, -0.1) is 0 Å². The number of hydrogen-bond acceptors (Lipinski definition) is 2. The van der Waals surface area contributed by atoms with Gasteiger partial charge in [0.25, 0.3) is 0 Å². The molecule has 0 radical (unpaired) electrons. The van der Waals surface area contributed by atoms with E-state index in [0.29, 0.717) is 12.3 Å². The smallest absolute Gasteiger partial charge is 0.309 e. The second-order valence-corrected chi connectivity index (χ2v) is 9.82. The molecule has 2 atom stereocenters. The number of hydrogen-bond donors (Lipinski definition) is 2. The van der Waals surface area contributed by atoms with Gasteiger partial charge in [-0.1, -0.05) is 116 Å². The molecule has 1 aliphatic carbocycles. The molecule has 0 spiro atoms. The molecule has 0 aliphatic heterocycles. The highest BCUT2D eigenvalue weighted by molar-refractivity contribution is 5.78. The molecule has 1 aliphatic rings. The highest BCUT2D eigenvalue weighted by Gasteiger charge is 2.56. The van der Waals surface area contributed by atoms with Crippen LogP contribution in [0.5, 0.6) is 0 Å². The predicted molar refractivity (Wildman–Crippen MR) is 124 cm³/mol. The van der Waals surface area contributed by atoms with E-state index in [4.69, 9.17) is 5.11 Å². The van der Waals surface area contributed by atoms with Crippen LogP contribution in [0.3, 0.4) is 0 Å². The fourth-order valence-corrected chi connectivity index (χ4v) is 4.79. The van der Waals surface area contributed by atoms with Gasteiger partial charge in [-0.3, -0.25) is 9.59 Å². The van der Waals surface area contributed by atoms with Gasteiger partial charge < -0.3 is 10.2 Å². The predicted octanol–water partition coefficient (Wildman–Crippen LogP) is 7.98. The molecular formula is C26H48O4. The monoisotopic (exact) mass is 424 g/mol. The number of unbranched alkanes of at least 4 members (excludes halogenated alkanes) is 17. The lowest BCUT2D eigenvalue weighted by atomic mass is 9.95. The van der Waals surface area contributed by atoms with Crippen molar-refractivity contribution in [2.24, 2.45) is 11.3 Å². The summed E-state index contributed by atoms with van der Waals surface area (Å²) in [4.78, 5) is 21.7. The zero-order chi connectivity index (χ0) is 22.1. The van der Waals surface area contributed by atoms with Crippen molar-refractivity contribution in [3.05, 3.63) is 0 Å². The Labute approximate surface area is 185 Å². The summed E-state index contributed by atoms with van der Waals surface area (Å²) in [6, 6.07) is 0. The van der Waals surface area contributed by atoms with Crippen LogP contribution in [0, 0.1) is 11.3 Å². The Morgan fingerprint density at radius 3 is 1.20 bits per heavy atom. The lowest BCUT2D eigenvalue weighted by molar-refractivity contribution is -0.144. The van der Waals surface area contributed by atoms with Crippen LogP contribution in [0.15, 0.2) is 0 Å². The quantitative estimate of drug-likeness (QED) is 0.173. The normalized spacial score (nSPS) is 20.4. The molecule has 2 unspecified atom stereocenters. The summed E-state index contributed by atoms with van der Waals surface area (Å²) in [7, 11) is 0. The second kappa shape index (κ2) is 16.6. The zero-order valence-electron chi connectivity index (χ0n) is 19.6. The lowest BCUT2D eigenvalue weighted by Crippen LogP contribution is -2.16. The minimum Gasteiger partial charge on any atom is -0.481 e. The van der Waals surface area contributed by atoms with Crippen molar-refractivity contribution in [1.29, 1.82) is 0 Å². The average Bonchev–Trinajstić information content (AvgIpc) is 3.37. The van der Waals surface area contributed by atoms with Crippen LogP contribution in [0.2, 0.25) is 0 Å². The van der Waals surface area contributed by atoms with E-state index in [1.54, 1.807) is 0 Å². The van der Waals surface area contributed by atoms with Crippen molar-refractivity contribution < 1.29 is 19.8 Å². The maximum atomic E-state index is 11.3. The molecule has 0 aromatic rings. The molecular weight excluding hydrogens is 376 g/mol. The summed E-state index contributed by atoms with van der Waals surface area (Å²) in [6.45, 7) is 2.07. The van der Waals surface area contributed by atoms with Crippen molar-refractivity contribution in [3.8, 4) is 0 Å². The van der Waals surface area contributed by atoms with E-state index in [0.717, 1.165) is 32.1 Å². The van der Waals surface area contributed by atoms with Crippen molar-refractivity contribution in [2.75, 3.05) is 0 Å². The molecule has 0 amide bonds. The van der Waals surface area contributed by atoms with Gasteiger partial charge in [-0.05, 0) is 25.2 Å².